The lowest BCUT2D eigenvalue weighted by atomic mass is 10.0. The smallest absolute Gasteiger partial charge is 0.393 e. The van der Waals surface area contributed by atoms with Crippen LogP contribution in [0.4, 0.5) is 17.6 Å². The molecule has 0 aliphatic rings. The molecular formula is C25H16F4O4S. The van der Waals surface area contributed by atoms with Gasteiger partial charge in [-0.1, -0.05) is 18.2 Å². The second-order valence-corrected chi connectivity index (χ2v) is 8.43. The maximum Gasteiger partial charge on any atom is 0.393 e. The average molecular weight is 488 g/mol. The molecule has 0 saturated carbocycles. The van der Waals surface area contributed by atoms with E-state index >= 15 is 0 Å². The predicted octanol–water partition coefficient (Wildman–Crippen LogP) is 7.41. The Morgan fingerprint density at radius 3 is 2.44 bits per heavy atom. The second kappa shape index (κ2) is 9.18. The Balaban J connectivity index is 1.82. The van der Waals surface area contributed by atoms with Crippen LogP contribution in [-0.4, -0.2) is 22.4 Å². The molecule has 0 unspecified atom stereocenters. The van der Waals surface area contributed by atoms with Crippen molar-refractivity contribution in [2.45, 2.75) is 12.6 Å². The number of phenolic OH excluding ortho intramolecular Hbond substituents is 1. The van der Waals surface area contributed by atoms with Gasteiger partial charge in [0, 0.05) is 21.7 Å². The van der Waals surface area contributed by atoms with Crippen LogP contribution in [0.1, 0.15) is 11.1 Å². The molecule has 0 atom stereocenters. The number of fused-ring (bicyclic) bond motifs is 1. The number of aliphatic carboxylic acids is 1. The monoisotopic (exact) mass is 488 g/mol. The molecular weight excluding hydrogens is 472 g/mol. The van der Waals surface area contributed by atoms with Crippen LogP contribution in [0.5, 0.6) is 17.2 Å². The fourth-order valence-corrected chi connectivity index (χ4v) is 4.62. The summed E-state index contributed by atoms with van der Waals surface area (Å²) in [7, 11) is 0. The topological polar surface area (TPSA) is 66.8 Å². The fraction of sp³-hybridized carbons (Fsp3) is 0.0800. The molecule has 0 fully saturated rings. The second-order valence-electron chi connectivity index (χ2n) is 7.38. The van der Waals surface area contributed by atoms with Crippen molar-refractivity contribution >= 4 is 33.5 Å². The van der Waals surface area contributed by atoms with Crippen molar-refractivity contribution in [3.05, 3.63) is 83.7 Å². The first-order chi connectivity index (χ1) is 16.1. The Morgan fingerprint density at radius 2 is 1.76 bits per heavy atom. The summed E-state index contributed by atoms with van der Waals surface area (Å²) in [6.45, 7) is 0. The minimum absolute atomic E-state index is 0.0313. The van der Waals surface area contributed by atoms with Gasteiger partial charge in [-0.05, 0) is 59.7 Å². The molecule has 0 amide bonds. The number of alkyl halides is 3. The van der Waals surface area contributed by atoms with Gasteiger partial charge in [-0.25, -0.2) is 9.18 Å². The van der Waals surface area contributed by atoms with Crippen LogP contribution in [-0.2, 0) is 11.2 Å². The van der Waals surface area contributed by atoms with Crippen molar-refractivity contribution in [2.75, 3.05) is 0 Å². The van der Waals surface area contributed by atoms with Crippen molar-refractivity contribution in [3.8, 4) is 27.7 Å². The van der Waals surface area contributed by atoms with Gasteiger partial charge in [-0.3, -0.25) is 0 Å². The van der Waals surface area contributed by atoms with Crippen molar-refractivity contribution in [3.63, 3.8) is 0 Å². The highest BCUT2D eigenvalue weighted by atomic mass is 32.1. The number of phenols is 1. The average Bonchev–Trinajstić information content (AvgIpc) is 3.10. The normalized spacial score (nSPS) is 11.9. The highest BCUT2D eigenvalue weighted by Crippen LogP contribution is 2.48. The van der Waals surface area contributed by atoms with Crippen molar-refractivity contribution in [1.29, 1.82) is 0 Å². The number of carboxylic acids is 1. The summed E-state index contributed by atoms with van der Waals surface area (Å²) < 4.78 is 60.3. The molecule has 34 heavy (non-hydrogen) atoms. The van der Waals surface area contributed by atoms with E-state index in [-0.39, 0.29) is 27.5 Å². The molecule has 0 saturated heterocycles. The van der Waals surface area contributed by atoms with E-state index in [9.17, 15) is 27.5 Å². The van der Waals surface area contributed by atoms with E-state index in [0.717, 1.165) is 35.6 Å². The fourth-order valence-electron chi connectivity index (χ4n) is 3.40. The Hall–Kier alpha value is -3.85. The van der Waals surface area contributed by atoms with E-state index in [4.69, 9.17) is 9.84 Å². The quantitative estimate of drug-likeness (QED) is 0.219. The largest absolute Gasteiger partial charge is 0.508 e. The summed E-state index contributed by atoms with van der Waals surface area (Å²) in [5.74, 6) is -1.25. The van der Waals surface area contributed by atoms with Crippen LogP contribution >= 0.6 is 11.3 Å². The summed E-state index contributed by atoms with van der Waals surface area (Å²) in [6, 6.07) is 14.0. The molecule has 0 aliphatic heterocycles. The number of rotatable bonds is 6. The van der Waals surface area contributed by atoms with E-state index in [1.54, 1.807) is 30.3 Å². The lowest BCUT2D eigenvalue weighted by molar-refractivity contribution is -0.131. The molecule has 0 radical (unpaired) electrons. The van der Waals surface area contributed by atoms with E-state index in [0.29, 0.717) is 21.4 Å². The summed E-state index contributed by atoms with van der Waals surface area (Å²) in [5, 5.41) is 19.2. The van der Waals surface area contributed by atoms with Crippen LogP contribution in [0, 0.1) is 5.82 Å². The van der Waals surface area contributed by atoms with Gasteiger partial charge in [-0.15, -0.1) is 11.3 Å². The van der Waals surface area contributed by atoms with E-state index in [2.05, 4.69) is 0 Å². The van der Waals surface area contributed by atoms with Gasteiger partial charge in [0.25, 0.3) is 0 Å². The van der Waals surface area contributed by atoms with Crippen LogP contribution in [0.25, 0.3) is 26.6 Å². The maximum atomic E-state index is 14.1. The first-order valence-corrected chi connectivity index (χ1v) is 10.7. The van der Waals surface area contributed by atoms with E-state index in [1.165, 1.54) is 18.2 Å². The zero-order chi connectivity index (χ0) is 24.5. The first kappa shape index (κ1) is 23.3. The molecule has 1 heterocycles. The van der Waals surface area contributed by atoms with Crippen molar-refractivity contribution in [1.82, 2.24) is 0 Å². The van der Waals surface area contributed by atoms with E-state index in [1.807, 2.05) is 0 Å². The van der Waals surface area contributed by atoms with Crippen LogP contribution < -0.4 is 4.74 Å². The SMILES string of the molecule is O=C(O)/C=C/c1ccc(Oc2c(-c3cc(F)ccc3CC(F)(F)F)sc3cc(O)ccc23)cc1. The van der Waals surface area contributed by atoms with Crippen molar-refractivity contribution in [2.24, 2.45) is 0 Å². The zero-order valence-electron chi connectivity index (χ0n) is 17.3. The van der Waals surface area contributed by atoms with Crippen LogP contribution in [0.15, 0.2) is 66.7 Å². The van der Waals surface area contributed by atoms with Crippen LogP contribution in [0.3, 0.4) is 0 Å². The number of hydrogen-bond acceptors (Lipinski definition) is 4. The number of ether oxygens (including phenoxy) is 1. The number of benzene rings is 3. The van der Waals surface area contributed by atoms with Gasteiger partial charge in [-0.2, -0.15) is 13.2 Å². The third kappa shape index (κ3) is 5.37. The predicted molar refractivity (Wildman–Crippen MR) is 122 cm³/mol. The first-order valence-electron chi connectivity index (χ1n) is 9.89. The summed E-state index contributed by atoms with van der Waals surface area (Å²) >= 11 is 1.08. The molecule has 0 aliphatic carbocycles. The zero-order valence-corrected chi connectivity index (χ0v) is 18.1. The molecule has 4 aromatic rings. The molecule has 2 N–H and O–H groups in total. The number of thiophene rings is 1. The van der Waals surface area contributed by atoms with E-state index < -0.39 is 24.4 Å². The number of hydrogen-bond donors (Lipinski definition) is 2. The summed E-state index contributed by atoms with van der Waals surface area (Å²) in [6.07, 6.45) is -3.36. The molecule has 0 bridgehead atoms. The van der Waals surface area contributed by atoms with Crippen molar-refractivity contribution < 1.29 is 37.3 Å². The highest BCUT2D eigenvalue weighted by molar-refractivity contribution is 7.22. The Bertz CT molecular complexity index is 1390. The Labute approximate surface area is 195 Å². The Kier molecular flexibility index (Phi) is 6.30. The number of halogens is 4. The summed E-state index contributed by atoms with van der Waals surface area (Å²) in [5.41, 5.74) is 0.547. The van der Waals surface area contributed by atoms with Gasteiger partial charge in [0.15, 0.2) is 5.75 Å². The van der Waals surface area contributed by atoms with Gasteiger partial charge < -0.3 is 14.9 Å². The molecule has 174 valence electrons. The molecule has 4 rings (SSSR count). The minimum atomic E-state index is -4.50. The molecule has 1 aromatic heterocycles. The van der Waals surface area contributed by atoms with Gasteiger partial charge in [0.05, 0.1) is 11.3 Å². The molecule has 0 spiro atoms. The molecule has 3 aromatic carbocycles. The summed E-state index contributed by atoms with van der Waals surface area (Å²) in [4.78, 5) is 11.0. The minimum Gasteiger partial charge on any atom is -0.508 e. The lowest BCUT2D eigenvalue weighted by Gasteiger charge is -2.13. The molecule has 9 heteroatoms. The number of carbonyl (C=O) groups is 1. The standard InChI is InChI=1S/C25H16F4O4S/c26-16-5-4-15(13-25(27,28)29)20(11-16)24-23(19-9-6-17(30)12-21(19)34-24)33-18-7-1-14(2-8-18)3-10-22(31)32/h1-12,30H,13H2,(H,31,32)/b10-3+. The van der Waals surface area contributed by atoms with Gasteiger partial charge >= 0.3 is 12.1 Å². The number of carboxylic acid groups (broad SMARTS) is 1. The van der Waals surface area contributed by atoms with Crippen LogP contribution in [0.2, 0.25) is 0 Å². The maximum absolute atomic E-state index is 14.1. The Morgan fingerprint density at radius 1 is 1.03 bits per heavy atom. The number of aromatic hydroxyl groups is 1. The third-order valence-corrected chi connectivity index (χ3v) is 6.02. The molecule has 4 nitrogen and oxygen atoms in total. The highest BCUT2D eigenvalue weighted by Gasteiger charge is 2.30. The lowest BCUT2D eigenvalue weighted by Crippen LogP contribution is -2.12. The van der Waals surface area contributed by atoms with Gasteiger partial charge in [0.2, 0.25) is 0 Å². The van der Waals surface area contributed by atoms with Gasteiger partial charge in [0.1, 0.15) is 17.3 Å². The third-order valence-electron chi connectivity index (χ3n) is 4.85.